The van der Waals surface area contributed by atoms with Gasteiger partial charge in [-0.05, 0) is 25.7 Å². The summed E-state index contributed by atoms with van der Waals surface area (Å²) in [6, 6.07) is 0. The van der Waals surface area contributed by atoms with Gasteiger partial charge in [0.2, 0.25) is 0 Å². The second-order valence-corrected chi connectivity index (χ2v) is 7.08. The topological polar surface area (TPSA) is 17.1 Å². The molecule has 0 unspecified atom stereocenters. The molecule has 0 saturated heterocycles. The molecule has 2 heteroatoms. The van der Waals surface area contributed by atoms with Gasteiger partial charge >= 0.3 is 0 Å². The zero-order valence-electron chi connectivity index (χ0n) is 6.85. The van der Waals surface area contributed by atoms with E-state index in [2.05, 4.69) is 13.8 Å². The third kappa shape index (κ3) is 8.23. The van der Waals surface area contributed by atoms with Crippen molar-refractivity contribution in [3.05, 3.63) is 0 Å². The van der Waals surface area contributed by atoms with Gasteiger partial charge < -0.3 is 4.57 Å². The van der Waals surface area contributed by atoms with Gasteiger partial charge in [-0.2, -0.15) is 0 Å². The predicted molar refractivity (Wildman–Crippen MR) is 43.8 cm³/mol. The Labute approximate surface area is 58.2 Å². The Hall–Kier alpha value is 0.230. The van der Waals surface area contributed by atoms with Crippen molar-refractivity contribution in [2.45, 2.75) is 20.3 Å². The lowest BCUT2D eigenvalue weighted by Crippen LogP contribution is -1.92. The minimum atomic E-state index is -1.72. The molecule has 56 valence electrons. The normalized spacial score (nSPS) is 12.6. The molecule has 0 bridgehead atoms. The molecule has 0 rings (SSSR count). The lowest BCUT2D eigenvalue weighted by atomic mass is 10.2. The highest BCUT2D eigenvalue weighted by molar-refractivity contribution is 7.62. The van der Waals surface area contributed by atoms with Gasteiger partial charge in [0.1, 0.15) is 0 Å². The molecule has 0 aliphatic rings. The Balaban J connectivity index is 3.40. The minimum Gasteiger partial charge on any atom is -0.324 e. The van der Waals surface area contributed by atoms with Crippen LogP contribution >= 0.6 is 7.14 Å². The van der Waals surface area contributed by atoms with Crippen molar-refractivity contribution in [3.8, 4) is 0 Å². The second-order valence-electron chi connectivity index (χ2n) is 3.48. The maximum atomic E-state index is 11.1. The van der Waals surface area contributed by atoms with Crippen LogP contribution in [0.2, 0.25) is 0 Å². The van der Waals surface area contributed by atoms with Crippen LogP contribution in [-0.2, 0) is 4.57 Å². The summed E-state index contributed by atoms with van der Waals surface area (Å²) in [6.45, 7) is 8.04. The summed E-state index contributed by atoms with van der Waals surface area (Å²) in [5.74, 6) is 0.693. The van der Waals surface area contributed by atoms with Crippen LogP contribution in [0.1, 0.15) is 20.3 Å². The van der Waals surface area contributed by atoms with Gasteiger partial charge in [-0.1, -0.05) is 13.8 Å². The summed E-state index contributed by atoms with van der Waals surface area (Å²) in [4.78, 5) is 0. The summed E-state index contributed by atoms with van der Waals surface area (Å²) in [5.41, 5.74) is 0. The highest BCUT2D eigenvalue weighted by Crippen LogP contribution is 2.37. The van der Waals surface area contributed by atoms with Gasteiger partial charge in [0.15, 0.2) is 0 Å². The van der Waals surface area contributed by atoms with Crippen molar-refractivity contribution in [2.75, 3.05) is 19.5 Å². The van der Waals surface area contributed by atoms with Crippen LogP contribution in [0.4, 0.5) is 0 Å². The molecule has 0 atom stereocenters. The van der Waals surface area contributed by atoms with E-state index in [1.807, 2.05) is 13.3 Å². The van der Waals surface area contributed by atoms with Crippen LogP contribution in [0.3, 0.4) is 0 Å². The quantitative estimate of drug-likeness (QED) is 0.562. The molecule has 0 aliphatic heterocycles. The Bertz CT molecular complexity index is 112. The van der Waals surface area contributed by atoms with Crippen molar-refractivity contribution in [2.24, 2.45) is 5.92 Å². The largest absolute Gasteiger partial charge is 0.324 e. The van der Waals surface area contributed by atoms with E-state index in [0.29, 0.717) is 5.92 Å². The van der Waals surface area contributed by atoms with E-state index >= 15 is 0 Å². The van der Waals surface area contributed by atoms with E-state index in [0.717, 1.165) is 12.6 Å². The summed E-state index contributed by atoms with van der Waals surface area (Å²) in [7, 11) is -1.72. The van der Waals surface area contributed by atoms with Gasteiger partial charge in [0, 0.05) is 6.16 Å². The Morgan fingerprint density at radius 1 is 1.33 bits per heavy atom. The average molecular weight is 148 g/mol. The van der Waals surface area contributed by atoms with Gasteiger partial charge in [-0.3, -0.25) is 0 Å². The van der Waals surface area contributed by atoms with Crippen LogP contribution in [0.5, 0.6) is 0 Å². The highest BCUT2D eigenvalue weighted by Gasteiger charge is 2.06. The fourth-order valence-corrected chi connectivity index (χ4v) is 1.71. The maximum Gasteiger partial charge on any atom is 0.0819 e. The second kappa shape index (κ2) is 3.41. The molecule has 0 radical (unpaired) electrons. The smallest absolute Gasteiger partial charge is 0.0819 e. The molecule has 0 aromatic heterocycles. The van der Waals surface area contributed by atoms with Crippen LogP contribution < -0.4 is 0 Å². The van der Waals surface area contributed by atoms with E-state index < -0.39 is 7.14 Å². The number of hydrogen-bond acceptors (Lipinski definition) is 1. The summed E-state index contributed by atoms with van der Waals surface area (Å²) in [6.07, 6.45) is 2.01. The molecule has 0 amide bonds. The first-order chi connectivity index (χ1) is 3.92. The lowest BCUT2D eigenvalue weighted by Gasteiger charge is -2.07. The molecule has 0 saturated carbocycles. The highest BCUT2D eigenvalue weighted by atomic mass is 31.2. The first kappa shape index (κ1) is 9.23. The third-order valence-corrected chi connectivity index (χ3v) is 2.58. The first-order valence-electron chi connectivity index (χ1n) is 3.46. The number of rotatable bonds is 3. The van der Waals surface area contributed by atoms with Crippen molar-refractivity contribution < 1.29 is 4.57 Å². The van der Waals surface area contributed by atoms with Crippen LogP contribution in [-0.4, -0.2) is 19.5 Å². The zero-order chi connectivity index (χ0) is 7.49. The van der Waals surface area contributed by atoms with Gasteiger partial charge in [-0.15, -0.1) is 0 Å². The molecule has 0 N–H and O–H groups in total. The summed E-state index contributed by atoms with van der Waals surface area (Å²) in [5, 5.41) is 0. The van der Waals surface area contributed by atoms with E-state index in [1.165, 1.54) is 0 Å². The lowest BCUT2D eigenvalue weighted by molar-refractivity contribution is 0.568. The molecule has 9 heavy (non-hydrogen) atoms. The molecular weight excluding hydrogens is 131 g/mol. The fourth-order valence-electron chi connectivity index (χ4n) is 0.569. The Morgan fingerprint density at radius 2 is 1.78 bits per heavy atom. The summed E-state index contributed by atoms with van der Waals surface area (Å²) >= 11 is 0. The van der Waals surface area contributed by atoms with Crippen molar-refractivity contribution in [1.29, 1.82) is 0 Å². The van der Waals surface area contributed by atoms with Gasteiger partial charge in [0.25, 0.3) is 0 Å². The standard InChI is InChI=1S/C7H17OP/c1-7(2)5-6-9(3,4)8/h7H,5-6H2,1-4H3. The first-order valence-corrected chi connectivity index (χ1v) is 6.24. The van der Waals surface area contributed by atoms with E-state index in [4.69, 9.17) is 0 Å². The monoisotopic (exact) mass is 148 g/mol. The SMILES string of the molecule is CC(C)CCP(C)(C)=O. The molecule has 0 spiro atoms. The van der Waals surface area contributed by atoms with E-state index in [9.17, 15) is 4.57 Å². The molecular formula is C7H17OP. The Kier molecular flexibility index (Phi) is 3.50. The minimum absolute atomic E-state index is 0.693. The maximum absolute atomic E-state index is 11.1. The molecule has 0 aromatic carbocycles. The van der Waals surface area contributed by atoms with Crippen LogP contribution in [0.15, 0.2) is 0 Å². The molecule has 0 heterocycles. The Morgan fingerprint density at radius 3 is 1.89 bits per heavy atom. The number of hydrogen-bond donors (Lipinski definition) is 0. The molecule has 0 aliphatic carbocycles. The van der Waals surface area contributed by atoms with Crippen LogP contribution in [0, 0.1) is 5.92 Å². The molecule has 0 fully saturated rings. The summed E-state index contributed by atoms with van der Waals surface area (Å²) < 4.78 is 11.1. The van der Waals surface area contributed by atoms with Crippen molar-refractivity contribution in [3.63, 3.8) is 0 Å². The zero-order valence-corrected chi connectivity index (χ0v) is 7.74. The predicted octanol–water partition coefficient (Wildman–Crippen LogP) is 2.66. The van der Waals surface area contributed by atoms with Crippen LogP contribution in [0.25, 0.3) is 0 Å². The van der Waals surface area contributed by atoms with Crippen molar-refractivity contribution in [1.82, 2.24) is 0 Å². The van der Waals surface area contributed by atoms with Crippen molar-refractivity contribution >= 4 is 7.14 Å². The van der Waals surface area contributed by atoms with E-state index in [-0.39, 0.29) is 0 Å². The fraction of sp³-hybridized carbons (Fsp3) is 1.00. The average Bonchev–Trinajstić information content (AvgIpc) is 1.59. The molecule has 1 nitrogen and oxygen atoms in total. The third-order valence-electron chi connectivity index (χ3n) is 1.24. The van der Waals surface area contributed by atoms with Gasteiger partial charge in [0.05, 0.1) is 7.14 Å². The van der Waals surface area contributed by atoms with Gasteiger partial charge in [-0.25, -0.2) is 0 Å². The van der Waals surface area contributed by atoms with E-state index in [1.54, 1.807) is 0 Å². The molecule has 0 aromatic rings.